The molecule has 98 valence electrons. The Morgan fingerprint density at radius 3 is 1.79 bits per heavy atom. The summed E-state index contributed by atoms with van der Waals surface area (Å²) in [6, 6.07) is 21.6. The van der Waals surface area contributed by atoms with Crippen molar-refractivity contribution in [2.75, 3.05) is 13.7 Å². The molecule has 0 fully saturated rings. The summed E-state index contributed by atoms with van der Waals surface area (Å²) in [6.07, 6.45) is 3.51. The van der Waals surface area contributed by atoms with Crippen LogP contribution in [-0.4, -0.2) is 20.4 Å². The van der Waals surface area contributed by atoms with Crippen molar-refractivity contribution in [3.63, 3.8) is 0 Å². The summed E-state index contributed by atoms with van der Waals surface area (Å²) in [5, 5.41) is 0. The summed E-state index contributed by atoms with van der Waals surface area (Å²) in [7, 11) is 1.77. The predicted molar refractivity (Wildman–Crippen MR) is 83.8 cm³/mol. The van der Waals surface area contributed by atoms with E-state index >= 15 is 0 Å². The van der Waals surface area contributed by atoms with E-state index in [0.717, 1.165) is 13.0 Å². The van der Waals surface area contributed by atoms with Crippen LogP contribution < -0.4 is 10.9 Å². The van der Waals surface area contributed by atoms with E-state index in [4.69, 9.17) is 4.74 Å². The highest BCUT2D eigenvalue weighted by Gasteiger charge is 2.17. The minimum Gasteiger partial charge on any atom is -0.385 e. The highest BCUT2D eigenvalue weighted by Crippen LogP contribution is 2.04. The number of methoxy groups -OCH3 is 1. The number of hydrogen-bond acceptors (Lipinski definition) is 1. The number of benzene rings is 2. The molecule has 0 radical (unpaired) electrons. The largest absolute Gasteiger partial charge is 0.385 e. The molecule has 0 unspecified atom stereocenters. The van der Waals surface area contributed by atoms with Gasteiger partial charge in [0.25, 0.3) is 0 Å². The van der Waals surface area contributed by atoms with Gasteiger partial charge in [-0.3, -0.25) is 0 Å². The van der Waals surface area contributed by atoms with Crippen molar-refractivity contribution in [3.05, 3.63) is 60.7 Å². The number of rotatable bonds is 7. The molecule has 2 rings (SSSR count). The van der Waals surface area contributed by atoms with Crippen molar-refractivity contribution >= 4 is 17.6 Å². The molecule has 0 saturated carbocycles. The zero-order chi connectivity index (χ0) is 13.3. The average Bonchev–Trinajstić information content (AvgIpc) is 2.49. The molecule has 0 aromatic heterocycles. The topological polar surface area (TPSA) is 9.23 Å². The van der Waals surface area contributed by atoms with E-state index < -0.39 is 0 Å². The molecule has 2 heteroatoms. The second-order valence-electron chi connectivity index (χ2n) is 4.86. The lowest BCUT2D eigenvalue weighted by Crippen LogP contribution is -2.41. The quantitative estimate of drug-likeness (QED) is 0.544. The standard InChI is InChI=1S/C17H21BO/c1-19-15-9-8-14-18(16-10-4-2-5-11-16)17-12-6-3-7-13-17/h2-7,10-13H,8-9,14-15H2,1H3. The molecule has 0 aliphatic heterocycles. The lowest BCUT2D eigenvalue weighted by atomic mass is 9.38. The van der Waals surface area contributed by atoms with Crippen LogP contribution in [-0.2, 0) is 4.74 Å². The fourth-order valence-electron chi connectivity index (χ4n) is 2.49. The van der Waals surface area contributed by atoms with E-state index in [9.17, 15) is 0 Å². The average molecular weight is 252 g/mol. The van der Waals surface area contributed by atoms with Gasteiger partial charge in [-0.25, -0.2) is 0 Å². The van der Waals surface area contributed by atoms with Gasteiger partial charge in [0.15, 0.2) is 0 Å². The van der Waals surface area contributed by atoms with Crippen molar-refractivity contribution in [2.45, 2.75) is 19.2 Å². The predicted octanol–water partition coefficient (Wildman–Crippen LogP) is 2.72. The first-order valence-electron chi connectivity index (χ1n) is 7.00. The Kier molecular flexibility index (Phi) is 5.70. The third-order valence-corrected chi connectivity index (χ3v) is 3.50. The molecule has 2 aromatic carbocycles. The Hall–Kier alpha value is -1.54. The van der Waals surface area contributed by atoms with E-state index in [2.05, 4.69) is 60.7 Å². The fourth-order valence-corrected chi connectivity index (χ4v) is 2.49. The zero-order valence-corrected chi connectivity index (χ0v) is 11.6. The Morgan fingerprint density at radius 2 is 1.32 bits per heavy atom. The van der Waals surface area contributed by atoms with Gasteiger partial charge in [-0.05, 0) is 6.42 Å². The summed E-state index contributed by atoms with van der Waals surface area (Å²) in [5.41, 5.74) is 2.82. The van der Waals surface area contributed by atoms with Crippen molar-refractivity contribution in [2.24, 2.45) is 0 Å². The summed E-state index contributed by atoms with van der Waals surface area (Å²) >= 11 is 0. The van der Waals surface area contributed by atoms with Gasteiger partial charge in [0.1, 0.15) is 0 Å². The Labute approximate surface area is 116 Å². The molecular formula is C17H21BO. The lowest BCUT2D eigenvalue weighted by molar-refractivity contribution is 0.194. The van der Waals surface area contributed by atoms with Crippen LogP contribution in [0.1, 0.15) is 12.8 Å². The van der Waals surface area contributed by atoms with Crippen molar-refractivity contribution < 1.29 is 4.74 Å². The van der Waals surface area contributed by atoms with Gasteiger partial charge in [-0.2, -0.15) is 0 Å². The minimum absolute atomic E-state index is 0.499. The van der Waals surface area contributed by atoms with Gasteiger partial charge in [0.05, 0.1) is 0 Å². The van der Waals surface area contributed by atoms with Crippen molar-refractivity contribution in [1.29, 1.82) is 0 Å². The molecule has 19 heavy (non-hydrogen) atoms. The molecule has 0 spiro atoms. The summed E-state index contributed by atoms with van der Waals surface area (Å²) in [4.78, 5) is 0. The molecule has 0 saturated heterocycles. The third-order valence-electron chi connectivity index (χ3n) is 3.50. The normalized spacial score (nSPS) is 10.4. The minimum atomic E-state index is 0.499. The van der Waals surface area contributed by atoms with E-state index in [1.807, 2.05) is 0 Å². The first-order chi connectivity index (χ1) is 9.42. The van der Waals surface area contributed by atoms with Gasteiger partial charge >= 0.3 is 0 Å². The van der Waals surface area contributed by atoms with E-state index in [-0.39, 0.29) is 0 Å². The van der Waals surface area contributed by atoms with Crippen LogP contribution in [0.5, 0.6) is 0 Å². The number of unbranched alkanes of at least 4 members (excludes halogenated alkanes) is 1. The highest BCUT2D eigenvalue weighted by atomic mass is 16.5. The summed E-state index contributed by atoms with van der Waals surface area (Å²) < 4.78 is 5.14. The molecule has 0 heterocycles. The van der Waals surface area contributed by atoms with Crippen molar-refractivity contribution in [1.82, 2.24) is 0 Å². The number of ether oxygens (including phenoxy) is 1. The van der Waals surface area contributed by atoms with Crippen LogP contribution in [0.4, 0.5) is 0 Å². The maximum atomic E-state index is 5.14. The molecule has 0 bridgehead atoms. The molecule has 0 amide bonds. The molecule has 1 nitrogen and oxygen atoms in total. The summed E-state index contributed by atoms with van der Waals surface area (Å²) in [6.45, 7) is 1.36. The monoisotopic (exact) mass is 252 g/mol. The van der Waals surface area contributed by atoms with E-state index in [1.54, 1.807) is 7.11 Å². The molecule has 2 aromatic rings. The van der Waals surface area contributed by atoms with E-state index in [0.29, 0.717) is 6.71 Å². The fraction of sp³-hybridized carbons (Fsp3) is 0.294. The molecular weight excluding hydrogens is 231 g/mol. The first kappa shape index (κ1) is 13.9. The second kappa shape index (κ2) is 7.80. The smallest absolute Gasteiger partial charge is 0.209 e. The van der Waals surface area contributed by atoms with Gasteiger partial charge in [0, 0.05) is 13.7 Å². The van der Waals surface area contributed by atoms with Crippen LogP contribution in [0.3, 0.4) is 0 Å². The second-order valence-corrected chi connectivity index (χ2v) is 4.86. The van der Waals surface area contributed by atoms with Crippen molar-refractivity contribution in [3.8, 4) is 0 Å². The first-order valence-corrected chi connectivity index (χ1v) is 7.00. The maximum Gasteiger partial charge on any atom is 0.209 e. The molecule has 0 aliphatic carbocycles. The van der Waals surface area contributed by atoms with Crippen LogP contribution in [0, 0.1) is 0 Å². The van der Waals surface area contributed by atoms with Gasteiger partial charge in [-0.1, -0.05) is 84.3 Å². The maximum absolute atomic E-state index is 5.14. The number of hydrogen-bond donors (Lipinski definition) is 0. The van der Waals surface area contributed by atoms with Crippen LogP contribution in [0.15, 0.2) is 60.7 Å². The lowest BCUT2D eigenvalue weighted by Gasteiger charge is -2.14. The Morgan fingerprint density at radius 1 is 0.789 bits per heavy atom. The third kappa shape index (κ3) is 4.25. The molecule has 0 aliphatic rings. The van der Waals surface area contributed by atoms with Crippen LogP contribution >= 0.6 is 0 Å². The van der Waals surface area contributed by atoms with Crippen LogP contribution in [0.25, 0.3) is 0 Å². The Balaban J connectivity index is 2.10. The molecule has 0 N–H and O–H groups in total. The van der Waals surface area contributed by atoms with Gasteiger partial charge in [0.2, 0.25) is 6.71 Å². The molecule has 0 atom stereocenters. The highest BCUT2D eigenvalue weighted by molar-refractivity contribution is 6.85. The van der Waals surface area contributed by atoms with Gasteiger partial charge in [-0.15, -0.1) is 0 Å². The van der Waals surface area contributed by atoms with E-state index in [1.165, 1.54) is 23.7 Å². The SMILES string of the molecule is COCCCCB(c1ccccc1)c1ccccc1. The van der Waals surface area contributed by atoms with Gasteiger partial charge < -0.3 is 4.74 Å². The Bertz CT molecular complexity index is 416. The zero-order valence-electron chi connectivity index (χ0n) is 11.6. The van der Waals surface area contributed by atoms with Crippen LogP contribution in [0.2, 0.25) is 6.32 Å². The summed E-state index contributed by atoms with van der Waals surface area (Å²) in [5.74, 6) is 0.